The SMILES string of the molecule is Cc1ccc(C)c(S(=O)(=O)N2Cc3ccccc3CC2C(=O)NCCN)c1.Cl. The lowest BCUT2D eigenvalue weighted by Crippen LogP contribution is -2.53. The van der Waals surface area contributed by atoms with Crippen LogP contribution in [0.15, 0.2) is 47.4 Å². The Morgan fingerprint density at radius 3 is 2.54 bits per heavy atom. The van der Waals surface area contributed by atoms with Crippen molar-refractivity contribution in [2.24, 2.45) is 5.73 Å². The van der Waals surface area contributed by atoms with E-state index < -0.39 is 16.1 Å². The normalized spacial score (nSPS) is 16.8. The van der Waals surface area contributed by atoms with Gasteiger partial charge in [-0.2, -0.15) is 4.31 Å². The monoisotopic (exact) mass is 423 g/mol. The van der Waals surface area contributed by atoms with Crippen LogP contribution < -0.4 is 11.1 Å². The summed E-state index contributed by atoms with van der Waals surface area (Å²) in [5.41, 5.74) is 8.94. The van der Waals surface area contributed by atoms with E-state index in [9.17, 15) is 13.2 Å². The number of benzene rings is 2. The number of fused-ring (bicyclic) bond motifs is 1. The van der Waals surface area contributed by atoms with Crippen molar-refractivity contribution in [3.05, 3.63) is 64.7 Å². The molecule has 0 fully saturated rings. The van der Waals surface area contributed by atoms with E-state index in [0.29, 0.717) is 25.1 Å². The van der Waals surface area contributed by atoms with Crippen molar-refractivity contribution in [3.63, 3.8) is 0 Å². The molecular weight excluding hydrogens is 398 g/mol. The Morgan fingerprint density at radius 1 is 1.18 bits per heavy atom. The lowest BCUT2D eigenvalue weighted by molar-refractivity contribution is -0.125. The zero-order valence-corrected chi connectivity index (χ0v) is 17.6. The van der Waals surface area contributed by atoms with Gasteiger partial charge in [-0.25, -0.2) is 8.42 Å². The molecule has 0 spiro atoms. The molecule has 8 heteroatoms. The molecule has 0 saturated carbocycles. The highest BCUT2D eigenvalue weighted by molar-refractivity contribution is 7.89. The van der Waals surface area contributed by atoms with Gasteiger partial charge in [-0.15, -0.1) is 12.4 Å². The first-order chi connectivity index (χ1) is 12.8. The average Bonchev–Trinajstić information content (AvgIpc) is 2.66. The summed E-state index contributed by atoms with van der Waals surface area (Å²) in [5, 5.41) is 2.74. The first-order valence-electron chi connectivity index (χ1n) is 8.98. The molecule has 3 N–H and O–H groups in total. The fraction of sp³-hybridized carbons (Fsp3) is 0.350. The lowest BCUT2D eigenvalue weighted by Gasteiger charge is -2.35. The van der Waals surface area contributed by atoms with Crippen molar-refractivity contribution >= 4 is 28.3 Å². The number of carbonyl (C=O) groups excluding carboxylic acids is 1. The third-order valence-corrected chi connectivity index (χ3v) is 6.88. The highest BCUT2D eigenvalue weighted by Gasteiger charge is 2.39. The van der Waals surface area contributed by atoms with Gasteiger partial charge >= 0.3 is 0 Å². The summed E-state index contributed by atoms with van der Waals surface area (Å²) < 4.78 is 28.3. The fourth-order valence-electron chi connectivity index (χ4n) is 3.40. The molecule has 1 unspecified atom stereocenters. The van der Waals surface area contributed by atoms with Gasteiger partial charge in [-0.3, -0.25) is 4.79 Å². The second-order valence-corrected chi connectivity index (χ2v) is 8.75. The highest BCUT2D eigenvalue weighted by Crippen LogP contribution is 2.30. The third kappa shape index (κ3) is 4.38. The Balaban J connectivity index is 0.00000280. The number of carbonyl (C=O) groups is 1. The van der Waals surface area contributed by atoms with E-state index in [0.717, 1.165) is 16.7 Å². The fourth-order valence-corrected chi connectivity index (χ4v) is 5.28. The van der Waals surface area contributed by atoms with E-state index in [-0.39, 0.29) is 29.8 Å². The summed E-state index contributed by atoms with van der Waals surface area (Å²) in [5.74, 6) is -0.316. The second-order valence-electron chi connectivity index (χ2n) is 6.89. The molecule has 0 aliphatic carbocycles. The van der Waals surface area contributed by atoms with Crippen LogP contribution in [-0.4, -0.2) is 37.8 Å². The number of amides is 1. The molecule has 0 radical (unpaired) electrons. The Kier molecular flexibility index (Phi) is 7.22. The first-order valence-corrected chi connectivity index (χ1v) is 10.4. The topological polar surface area (TPSA) is 92.5 Å². The molecule has 1 heterocycles. The van der Waals surface area contributed by atoms with Gasteiger partial charge in [0, 0.05) is 19.6 Å². The summed E-state index contributed by atoms with van der Waals surface area (Å²) in [4.78, 5) is 13.0. The summed E-state index contributed by atoms with van der Waals surface area (Å²) in [6, 6.07) is 12.2. The van der Waals surface area contributed by atoms with Crippen LogP contribution in [0.5, 0.6) is 0 Å². The van der Waals surface area contributed by atoms with Crippen molar-refractivity contribution in [2.45, 2.75) is 37.8 Å². The number of sulfonamides is 1. The van der Waals surface area contributed by atoms with E-state index in [2.05, 4.69) is 5.32 Å². The van der Waals surface area contributed by atoms with Gasteiger partial charge in [-0.05, 0) is 48.6 Å². The minimum absolute atomic E-state index is 0. The van der Waals surface area contributed by atoms with E-state index >= 15 is 0 Å². The molecule has 152 valence electrons. The number of aryl methyl sites for hydroxylation is 2. The predicted octanol–water partition coefficient (Wildman–Crippen LogP) is 1.92. The maximum atomic E-state index is 13.5. The zero-order valence-electron chi connectivity index (χ0n) is 16.0. The molecular formula is C20H26ClN3O3S. The van der Waals surface area contributed by atoms with Crippen molar-refractivity contribution in [3.8, 4) is 0 Å². The molecule has 1 aliphatic rings. The average molecular weight is 424 g/mol. The van der Waals surface area contributed by atoms with Crippen molar-refractivity contribution < 1.29 is 13.2 Å². The predicted molar refractivity (Wildman–Crippen MR) is 112 cm³/mol. The molecule has 1 amide bonds. The van der Waals surface area contributed by atoms with E-state index in [1.54, 1.807) is 19.1 Å². The van der Waals surface area contributed by atoms with Crippen LogP contribution in [0.3, 0.4) is 0 Å². The number of nitrogens with one attached hydrogen (secondary N) is 1. The Hall–Kier alpha value is -1.93. The molecule has 2 aromatic rings. The molecule has 28 heavy (non-hydrogen) atoms. The molecule has 0 saturated heterocycles. The third-order valence-electron chi connectivity index (χ3n) is 4.88. The largest absolute Gasteiger partial charge is 0.353 e. The van der Waals surface area contributed by atoms with Crippen LogP contribution in [0.2, 0.25) is 0 Å². The van der Waals surface area contributed by atoms with Gasteiger partial charge in [0.25, 0.3) is 0 Å². The number of hydrogen-bond acceptors (Lipinski definition) is 4. The number of hydrogen-bond donors (Lipinski definition) is 2. The molecule has 0 aromatic heterocycles. The minimum Gasteiger partial charge on any atom is -0.353 e. The standard InChI is InChI=1S/C20H25N3O3S.ClH/c1-14-7-8-15(2)19(11-14)27(25,26)23-13-17-6-4-3-5-16(17)12-18(23)20(24)22-10-9-21;/h3-8,11,18H,9-10,12-13,21H2,1-2H3,(H,22,24);1H. The van der Waals surface area contributed by atoms with Crippen molar-refractivity contribution in [1.29, 1.82) is 0 Å². The maximum Gasteiger partial charge on any atom is 0.244 e. The smallest absolute Gasteiger partial charge is 0.244 e. The van der Waals surface area contributed by atoms with Gasteiger partial charge in [0.1, 0.15) is 6.04 Å². The first kappa shape index (κ1) is 22.4. The van der Waals surface area contributed by atoms with Crippen molar-refractivity contribution in [1.82, 2.24) is 9.62 Å². The zero-order chi connectivity index (χ0) is 19.6. The molecule has 1 aliphatic heterocycles. The van der Waals surface area contributed by atoms with Gasteiger partial charge in [0.2, 0.25) is 15.9 Å². The lowest BCUT2D eigenvalue weighted by atomic mass is 9.95. The summed E-state index contributed by atoms with van der Waals surface area (Å²) >= 11 is 0. The highest BCUT2D eigenvalue weighted by atomic mass is 35.5. The Labute approximate surface area is 172 Å². The van der Waals surface area contributed by atoms with Crippen LogP contribution in [0.25, 0.3) is 0 Å². The summed E-state index contributed by atoms with van der Waals surface area (Å²) in [7, 11) is -3.84. The molecule has 6 nitrogen and oxygen atoms in total. The van der Waals surface area contributed by atoms with Gasteiger partial charge in [-0.1, -0.05) is 36.4 Å². The van der Waals surface area contributed by atoms with Crippen LogP contribution in [0, 0.1) is 13.8 Å². The Morgan fingerprint density at radius 2 is 1.86 bits per heavy atom. The van der Waals surface area contributed by atoms with Crippen molar-refractivity contribution in [2.75, 3.05) is 13.1 Å². The van der Waals surface area contributed by atoms with Gasteiger partial charge in [0.15, 0.2) is 0 Å². The van der Waals surface area contributed by atoms with E-state index in [1.807, 2.05) is 37.3 Å². The van der Waals surface area contributed by atoms with E-state index in [4.69, 9.17) is 5.73 Å². The quantitative estimate of drug-likeness (QED) is 0.768. The van der Waals surface area contributed by atoms with Gasteiger partial charge < -0.3 is 11.1 Å². The van der Waals surface area contributed by atoms with Crippen LogP contribution in [-0.2, 0) is 27.8 Å². The molecule has 1 atom stereocenters. The number of rotatable bonds is 5. The van der Waals surface area contributed by atoms with Crippen LogP contribution in [0.4, 0.5) is 0 Å². The minimum atomic E-state index is -3.84. The second kappa shape index (κ2) is 9.05. The molecule has 3 rings (SSSR count). The number of halogens is 1. The van der Waals surface area contributed by atoms with E-state index in [1.165, 1.54) is 4.31 Å². The van der Waals surface area contributed by atoms with Crippen LogP contribution >= 0.6 is 12.4 Å². The van der Waals surface area contributed by atoms with Crippen LogP contribution in [0.1, 0.15) is 22.3 Å². The number of nitrogens with zero attached hydrogens (tertiary/aromatic N) is 1. The van der Waals surface area contributed by atoms with Gasteiger partial charge in [0.05, 0.1) is 4.90 Å². The summed E-state index contributed by atoms with van der Waals surface area (Å²) in [6.45, 7) is 4.42. The summed E-state index contributed by atoms with van der Waals surface area (Å²) in [6.07, 6.45) is 0.344. The Bertz CT molecular complexity index is 963. The number of nitrogens with two attached hydrogens (primary N) is 1. The molecule has 2 aromatic carbocycles. The molecule has 0 bridgehead atoms. The maximum absolute atomic E-state index is 13.5.